The van der Waals surface area contributed by atoms with Crippen molar-refractivity contribution in [1.29, 1.82) is 0 Å². The molecule has 0 heterocycles. The van der Waals surface area contributed by atoms with Gasteiger partial charge in [-0.05, 0) is 24.6 Å². The molecule has 1 aromatic carbocycles. The molecule has 0 spiro atoms. The lowest BCUT2D eigenvalue weighted by atomic mass is 10.0. The summed E-state index contributed by atoms with van der Waals surface area (Å²) in [6.07, 6.45) is -4.44. The molecule has 0 saturated heterocycles. The van der Waals surface area contributed by atoms with Crippen molar-refractivity contribution < 1.29 is 22.7 Å². The average molecular weight is 244 g/mol. The molecule has 17 heavy (non-hydrogen) atoms. The van der Waals surface area contributed by atoms with Crippen molar-refractivity contribution in [1.82, 2.24) is 0 Å². The fourth-order valence-corrected chi connectivity index (χ4v) is 1.22. The maximum Gasteiger partial charge on any atom is 0.416 e. The largest absolute Gasteiger partial charge is 0.462 e. The number of ether oxygens (including phenoxy) is 1. The van der Waals surface area contributed by atoms with E-state index in [9.17, 15) is 18.0 Å². The first-order valence-corrected chi connectivity index (χ1v) is 4.90. The third kappa shape index (κ3) is 3.34. The molecule has 0 atom stereocenters. The van der Waals surface area contributed by atoms with Crippen molar-refractivity contribution in [3.8, 4) is 0 Å². The highest BCUT2D eigenvalue weighted by molar-refractivity contribution is 6.15. The van der Waals surface area contributed by atoms with Crippen molar-refractivity contribution >= 4 is 11.5 Å². The zero-order valence-corrected chi connectivity index (χ0v) is 9.17. The molecule has 0 aliphatic carbocycles. The molecule has 1 aromatic rings. The zero-order valence-electron chi connectivity index (χ0n) is 9.17. The third-order valence-electron chi connectivity index (χ3n) is 2.06. The molecule has 2 nitrogen and oxygen atoms in total. The Bertz CT molecular complexity index is 436. The minimum atomic E-state index is -4.44. The lowest BCUT2D eigenvalue weighted by Gasteiger charge is -2.09. The number of halogens is 3. The minimum Gasteiger partial charge on any atom is -0.462 e. The monoisotopic (exact) mass is 244 g/mol. The molecule has 0 bridgehead atoms. The van der Waals surface area contributed by atoms with E-state index in [1.807, 2.05) is 0 Å². The Kier molecular flexibility index (Phi) is 3.93. The summed E-state index contributed by atoms with van der Waals surface area (Å²) in [5.74, 6) is -0.716. The van der Waals surface area contributed by atoms with E-state index >= 15 is 0 Å². The van der Waals surface area contributed by atoms with E-state index in [2.05, 4.69) is 11.3 Å². The van der Waals surface area contributed by atoms with Crippen LogP contribution in [0, 0.1) is 0 Å². The fraction of sp³-hybridized carbons (Fsp3) is 0.250. The molecule has 0 aliphatic rings. The predicted octanol–water partition coefficient (Wildman–Crippen LogP) is 3.28. The molecule has 0 saturated carbocycles. The van der Waals surface area contributed by atoms with Crippen LogP contribution in [0.2, 0.25) is 0 Å². The van der Waals surface area contributed by atoms with Gasteiger partial charge in [0.1, 0.15) is 0 Å². The molecular weight excluding hydrogens is 233 g/mol. The van der Waals surface area contributed by atoms with Gasteiger partial charge >= 0.3 is 12.1 Å². The summed E-state index contributed by atoms with van der Waals surface area (Å²) in [6.45, 7) is 5.18. The van der Waals surface area contributed by atoms with Crippen LogP contribution in [0.25, 0.3) is 5.57 Å². The molecule has 1 rings (SSSR count). The van der Waals surface area contributed by atoms with E-state index < -0.39 is 17.7 Å². The summed E-state index contributed by atoms with van der Waals surface area (Å²) in [5, 5.41) is 0. The highest BCUT2D eigenvalue weighted by Crippen LogP contribution is 2.30. The van der Waals surface area contributed by atoms with Crippen LogP contribution in [0.1, 0.15) is 18.1 Å². The molecule has 0 unspecified atom stereocenters. The molecular formula is C12H11F3O2. The van der Waals surface area contributed by atoms with Gasteiger partial charge in [-0.15, -0.1) is 0 Å². The van der Waals surface area contributed by atoms with Gasteiger partial charge in [0.25, 0.3) is 0 Å². The van der Waals surface area contributed by atoms with Gasteiger partial charge < -0.3 is 4.74 Å². The number of rotatable bonds is 3. The average Bonchev–Trinajstić information content (AvgIpc) is 2.27. The van der Waals surface area contributed by atoms with Gasteiger partial charge in [0.2, 0.25) is 0 Å². The van der Waals surface area contributed by atoms with Gasteiger partial charge in [-0.25, -0.2) is 4.79 Å². The second-order valence-corrected chi connectivity index (χ2v) is 3.28. The number of hydrogen-bond acceptors (Lipinski definition) is 2. The van der Waals surface area contributed by atoms with Crippen LogP contribution in [0.5, 0.6) is 0 Å². The standard InChI is InChI=1S/C12H11F3O2/c1-3-17-11(16)8(2)9-5-4-6-10(7-9)12(13,14)15/h4-7H,2-3H2,1H3. The summed E-state index contributed by atoms with van der Waals surface area (Å²) >= 11 is 0. The summed E-state index contributed by atoms with van der Waals surface area (Å²) in [6, 6.07) is 4.41. The minimum absolute atomic E-state index is 0.0852. The van der Waals surface area contributed by atoms with E-state index in [1.165, 1.54) is 12.1 Å². The second-order valence-electron chi connectivity index (χ2n) is 3.28. The fourth-order valence-electron chi connectivity index (χ4n) is 1.22. The highest BCUT2D eigenvalue weighted by Gasteiger charge is 2.30. The Labute approximate surface area is 96.7 Å². The van der Waals surface area contributed by atoms with Crippen LogP contribution >= 0.6 is 0 Å². The molecule has 0 N–H and O–H groups in total. The summed E-state index contributed by atoms with van der Waals surface area (Å²) in [4.78, 5) is 11.3. The lowest BCUT2D eigenvalue weighted by Crippen LogP contribution is -2.08. The van der Waals surface area contributed by atoms with E-state index in [0.29, 0.717) is 0 Å². The number of carbonyl (C=O) groups is 1. The number of benzene rings is 1. The number of esters is 1. The van der Waals surface area contributed by atoms with Crippen LogP contribution < -0.4 is 0 Å². The maximum absolute atomic E-state index is 12.4. The quantitative estimate of drug-likeness (QED) is 0.602. The Morgan fingerprint density at radius 2 is 2.06 bits per heavy atom. The third-order valence-corrected chi connectivity index (χ3v) is 2.06. The second kappa shape index (κ2) is 5.03. The number of alkyl halides is 3. The summed E-state index contributed by atoms with van der Waals surface area (Å²) in [7, 11) is 0. The van der Waals surface area contributed by atoms with Crippen LogP contribution in [0.3, 0.4) is 0 Å². The Morgan fingerprint density at radius 3 is 2.59 bits per heavy atom. The van der Waals surface area contributed by atoms with E-state index in [1.54, 1.807) is 6.92 Å². The van der Waals surface area contributed by atoms with E-state index in [-0.39, 0.29) is 17.7 Å². The number of carbonyl (C=O) groups excluding carboxylic acids is 1. The lowest BCUT2D eigenvalue weighted by molar-refractivity contribution is -0.138. The van der Waals surface area contributed by atoms with Crippen LogP contribution in [0.4, 0.5) is 13.2 Å². The van der Waals surface area contributed by atoms with Gasteiger partial charge in [-0.1, -0.05) is 18.7 Å². The molecule has 0 amide bonds. The van der Waals surface area contributed by atoms with Crippen molar-refractivity contribution in [2.75, 3.05) is 6.61 Å². The van der Waals surface area contributed by atoms with Crippen molar-refractivity contribution in [2.24, 2.45) is 0 Å². The molecule has 92 valence electrons. The van der Waals surface area contributed by atoms with Gasteiger partial charge in [-0.3, -0.25) is 0 Å². The van der Waals surface area contributed by atoms with Crippen LogP contribution in [-0.2, 0) is 15.7 Å². The van der Waals surface area contributed by atoms with Gasteiger partial charge in [0, 0.05) is 0 Å². The van der Waals surface area contributed by atoms with Crippen molar-refractivity contribution in [3.05, 3.63) is 42.0 Å². The van der Waals surface area contributed by atoms with Gasteiger partial charge in [-0.2, -0.15) is 13.2 Å². The molecule has 0 fully saturated rings. The Morgan fingerprint density at radius 1 is 1.41 bits per heavy atom. The maximum atomic E-state index is 12.4. The topological polar surface area (TPSA) is 26.3 Å². The SMILES string of the molecule is C=C(C(=O)OCC)c1cccc(C(F)(F)F)c1. The number of hydrogen-bond donors (Lipinski definition) is 0. The highest BCUT2D eigenvalue weighted by atomic mass is 19.4. The smallest absolute Gasteiger partial charge is 0.416 e. The Hall–Kier alpha value is -1.78. The normalized spacial score (nSPS) is 11.1. The van der Waals surface area contributed by atoms with E-state index in [0.717, 1.165) is 12.1 Å². The molecule has 0 aliphatic heterocycles. The zero-order chi connectivity index (χ0) is 13.1. The molecule has 0 aromatic heterocycles. The first-order valence-electron chi connectivity index (χ1n) is 4.90. The predicted molar refractivity (Wildman–Crippen MR) is 57.1 cm³/mol. The van der Waals surface area contributed by atoms with Crippen molar-refractivity contribution in [3.63, 3.8) is 0 Å². The van der Waals surface area contributed by atoms with Crippen molar-refractivity contribution in [2.45, 2.75) is 13.1 Å². The molecule has 5 heteroatoms. The first kappa shape index (κ1) is 13.3. The summed E-state index contributed by atoms with van der Waals surface area (Å²) in [5.41, 5.74) is -0.795. The van der Waals surface area contributed by atoms with Gasteiger partial charge in [0.05, 0.1) is 17.7 Å². The van der Waals surface area contributed by atoms with E-state index in [4.69, 9.17) is 0 Å². The summed E-state index contributed by atoms with van der Waals surface area (Å²) < 4.78 is 42.0. The molecule has 0 radical (unpaired) electrons. The van der Waals surface area contributed by atoms with Crippen LogP contribution in [0.15, 0.2) is 30.8 Å². The van der Waals surface area contributed by atoms with Gasteiger partial charge in [0.15, 0.2) is 0 Å². The van der Waals surface area contributed by atoms with Crippen LogP contribution in [-0.4, -0.2) is 12.6 Å². The Balaban J connectivity index is 3.00. The first-order chi connectivity index (χ1) is 7.86.